The zero-order chi connectivity index (χ0) is 20.6. The van der Waals surface area contributed by atoms with Gasteiger partial charge in [0, 0.05) is 17.9 Å². The van der Waals surface area contributed by atoms with E-state index in [0.717, 1.165) is 0 Å². The van der Waals surface area contributed by atoms with Crippen LogP contribution in [0.25, 0.3) is 22.2 Å². The molecule has 0 fully saturated rings. The molecule has 0 aliphatic rings. The molecule has 9 heteroatoms. The van der Waals surface area contributed by atoms with Gasteiger partial charge < -0.3 is 9.73 Å². The van der Waals surface area contributed by atoms with Crippen molar-refractivity contribution in [3.8, 4) is 11.3 Å². The topological polar surface area (TPSA) is 94.2 Å². The second-order valence-electron chi connectivity index (χ2n) is 6.39. The van der Waals surface area contributed by atoms with Gasteiger partial charge in [0.1, 0.15) is 12.0 Å². The number of hydrogen-bond donors (Lipinski definition) is 1. The van der Waals surface area contributed by atoms with Gasteiger partial charge in [0.05, 0.1) is 27.7 Å². The van der Waals surface area contributed by atoms with Gasteiger partial charge in [-0.05, 0) is 30.3 Å². The third-order valence-corrected chi connectivity index (χ3v) is 6.52. The normalized spacial score (nSPS) is 11.7. The van der Waals surface area contributed by atoms with Crippen LogP contribution in [0.2, 0.25) is 5.02 Å². The Morgan fingerprint density at radius 1 is 1.21 bits per heavy atom. The third-order valence-electron chi connectivity index (χ3n) is 4.43. The van der Waals surface area contributed by atoms with Gasteiger partial charge in [0.15, 0.2) is 6.39 Å². The first-order valence-electron chi connectivity index (χ1n) is 8.65. The molecule has 1 N–H and O–H groups in total. The average Bonchev–Trinajstić information content (AvgIpc) is 3.34. The fraction of sp³-hybridized carbons (Fsp3) is 0.100. The predicted octanol–water partition coefficient (Wildman–Crippen LogP) is 3.82. The lowest BCUT2D eigenvalue weighted by Crippen LogP contribution is -2.23. The number of hydrogen-bond acceptors (Lipinski definition) is 5. The molecule has 7 nitrogen and oxygen atoms in total. The van der Waals surface area contributed by atoms with E-state index in [1.165, 1.54) is 35.7 Å². The molecular weight excluding hydrogens is 414 g/mol. The monoisotopic (exact) mass is 429 g/mol. The largest absolute Gasteiger partial charge is 0.451 e. The van der Waals surface area contributed by atoms with Crippen molar-refractivity contribution in [1.82, 2.24) is 14.3 Å². The van der Waals surface area contributed by atoms with Crippen molar-refractivity contribution in [2.24, 2.45) is 0 Å². The Hall–Kier alpha value is -3.10. The zero-order valence-electron chi connectivity index (χ0n) is 15.3. The molecular formula is C20H16ClN3O4S. The Morgan fingerprint density at radius 2 is 1.97 bits per heavy atom. The molecule has 2 aromatic heterocycles. The number of aromatic nitrogens is 2. The first-order chi connectivity index (χ1) is 13.9. The molecule has 2 aromatic carbocycles. The Labute approximate surface area is 172 Å². The molecule has 0 unspecified atom stereocenters. The molecule has 0 aliphatic heterocycles. The molecule has 0 aliphatic carbocycles. The second kappa shape index (κ2) is 7.38. The highest BCUT2D eigenvalue weighted by molar-refractivity contribution is 7.90. The number of halogens is 1. The number of nitrogens with zero attached hydrogens (tertiary/aromatic N) is 2. The molecule has 4 rings (SSSR count). The highest BCUT2D eigenvalue weighted by Gasteiger charge is 2.24. The highest BCUT2D eigenvalue weighted by atomic mass is 35.5. The maximum absolute atomic E-state index is 13.4. The summed E-state index contributed by atoms with van der Waals surface area (Å²) in [4.78, 5) is 15.7. The molecule has 148 valence electrons. The summed E-state index contributed by atoms with van der Waals surface area (Å²) in [5.41, 5.74) is 1.87. The molecule has 4 aromatic rings. The molecule has 0 saturated heterocycles. The number of fused-ring (bicyclic) bond motifs is 1. The van der Waals surface area contributed by atoms with E-state index in [2.05, 4.69) is 10.3 Å². The van der Waals surface area contributed by atoms with Gasteiger partial charge in [-0.15, -0.1) is 0 Å². The number of carbonyl (C=O) groups excluding carboxylic acids is 1. The van der Waals surface area contributed by atoms with Gasteiger partial charge in [-0.2, -0.15) is 0 Å². The fourth-order valence-electron chi connectivity index (χ4n) is 3.12. The summed E-state index contributed by atoms with van der Waals surface area (Å²) in [5, 5.41) is 3.69. The van der Waals surface area contributed by atoms with Crippen molar-refractivity contribution in [1.29, 1.82) is 0 Å². The lowest BCUT2D eigenvalue weighted by atomic mass is 10.1. The van der Waals surface area contributed by atoms with E-state index in [9.17, 15) is 13.2 Å². The standard InChI is InChI=1S/C20H16ClN3O4S/c1-13(25)22-10-15-7-14-8-18(21)17(19-11-28-12-23-19)9-20(14)24(15)29(26,27)16-5-3-2-4-6-16/h2-9,11-12H,10H2,1H3,(H,22,25). The Morgan fingerprint density at radius 3 is 2.62 bits per heavy atom. The number of oxazole rings is 1. The van der Waals surface area contributed by atoms with Crippen LogP contribution in [0.4, 0.5) is 0 Å². The lowest BCUT2D eigenvalue weighted by Gasteiger charge is -2.13. The Balaban J connectivity index is 1.99. The van der Waals surface area contributed by atoms with Crippen LogP contribution >= 0.6 is 11.6 Å². The molecule has 0 atom stereocenters. The zero-order valence-corrected chi connectivity index (χ0v) is 16.9. The summed E-state index contributed by atoms with van der Waals surface area (Å²) >= 11 is 6.40. The predicted molar refractivity (Wildman–Crippen MR) is 109 cm³/mol. The smallest absolute Gasteiger partial charge is 0.268 e. The van der Waals surface area contributed by atoms with Crippen molar-refractivity contribution in [3.63, 3.8) is 0 Å². The minimum atomic E-state index is -3.92. The van der Waals surface area contributed by atoms with Crippen LogP contribution in [-0.4, -0.2) is 23.3 Å². The van der Waals surface area contributed by atoms with Gasteiger partial charge >= 0.3 is 0 Å². The summed E-state index contributed by atoms with van der Waals surface area (Å²) in [6.07, 6.45) is 2.71. The van der Waals surface area contributed by atoms with Crippen molar-refractivity contribution in [2.45, 2.75) is 18.4 Å². The van der Waals surface area contributed by atoms with Crippen molar-refractivity contribution >= 4 is 38.4 Å². The van der Waals surface area contributed by atoms with E-state index < -0.39 is 10.0 Å². The SMILES string of the molecule is CC(=O)NCc1cc2cc(Cl)c(-c3cocn3)cc2n1S(=O)(=O)c1ccccc1. The third kappa shape index (κ3) is 3.52. The quantitative estimate of drug-likeness (QED) is 0.520. The van der Waals surface area contributed by atoms with Gasteiger partial charge in [0.2, 0.25) is 5.91 Å². The van der Waals surface area contributed by atoms with E-state index in [1.807, 2.05) is 0 Å². The van der Waals surface area contributed by atoms with E-state index >= 15 is 0 Å². The maximum atomic E-state index is 13.4. The number of carbonyl (C=O) groups is 1. The van der Waals surface area contributed by atoms with Gasteiger partial charge in [-0.25, -0.2) is 17.4 Å². The molecule has 0 bridgehead atoms. The van der Waals surface area contributed by atoms with E-state index in [4.69, 9.17) is 16.0 Å². The summed E-state index contributed by atoms with van der Waals surface area (Å²) in [5.74, 6) is -0.264. The minimum absolute atomic E-state index is 0.0486. The fourth-order valence-corrected chi connectivity index (χ4v) is 4.95. The number of nitrogens with one attached hydrogen (secondary N) is 1. The molecule has 0 spiro atoms. The van der Waals surface area contributed by atoms with Gasteiger partial charge in [-0.1, -0.05) is 29.8 Å². The molecule has 0 radical (unpaired) electrons. The van der Waals surface area contributed by atoms with E-state index in [0.29, 0.717) is 32.9 Å². The van der Waals surface area contributed by atoms with Crippen LogP contribution in [-0.2, 0) is 21.4 Å². The second-order valence-corrected chi connectivity index (χ2v) is 8.59. The Bertz CT molecular complexity index is 1300. The lowest BCUT2D eigenvalue weighted by molar-refractivity contribution is -0.119. The van der Waals surface area contributed by atoms with Crippen LogP contribution in [0.3, 0.4) is 0 Å². The summed E-state index contributed by atoms with van der Waals surface area (Å²) in [7, 11) is -3.92. The highest BCUT2D eigenvalue weighted by Crippen LogP contribution is 2.34. The summed E-state index contributed by atoms with van der Waals surface area (Å²) in [6, 6.07) is 13.1. The van der Waals surface area contributed by atoms with Crippen LogP contribution in [0, 0.1) is 0 Å². The number of benzene rings is 2. The maximum Gasteiger partial charge on any atom is 0.268 e. The minimum Gasteiger partial charge on any atom is -0.451 e. The molecule has 0 saturated carbocycles. The van der Waals surface area contributed by atoms with Crippen LogP contribution in [0.15, 0.2) is 70.5 Å². The van der Waals surface area contributed by atoms with Crippen LogP contribution in [0.1, 0.15) is 12.6 Å². The van der Waals surface area contributed by atoms with Crippen LogP contribution < -0.4 is 5.32 Å². The van der Waals surface area contributed by atoms with Crippen molar-refractivity contribution < 1.29 is 17.6 Å². The van der Waals surface area contributed by atoms with E-state index in [1.54, 1.807) is 36.4 Å². The first kappa shape index (κ1) is 19.2. The van der Waals surface area contributed by atoms with E-state index in [-0.39, 0.29) is 17.3 Å². The van der Waals surface area contributed by atoms with Crippen molar-refractivity contribution in [3.05, 3.63) is 71.9 Å². The Kier molecular flexibility index (Phi) is 4.89. The first-order valence-corrected chi connectivity index (χ1v) is 10.5. The summed E-state index contributed by atoms with van der Waals surface area (Å²) < 4.78 is 33.1. The van der Waals surface area contributed by atoms with Gasteiger partial charge in [-0.3, -0.25) is 4.79 Å². The molecule has 2 heterocycles. The van der Waals surface area contributed by atoms with Crippen molar-refractivity contribution in [2.75, 3.05) is 0 Å². The molecule has 29 heavy (non-hydrogen) atoms. The molecule has 1 amide bonds. The summed E-state index contributed by atoms with van der Waals surface area (Å²) in [6.45, 7) is 1.42. The number of amides is 1. The van der Waals surface area contributed by atoms with Crippen LogP contribution in [0.5, 0.6) is 0 Å². The number of rotatable bonds is 5. The average molecular weight is 430 g/mol. The van der Waals surface area contributed by atoms with Gasteiger partial charge in [0.25, 0.3) is 10.0 Å².